The van der Waals surface area contributed by atoms with Gasteiger partial charge < -0.3 is 4.57 Å². The molecule has 0 aliphatic heterocycles. The first kappa shape index (κ1) is 8.78. The minimum absolute atomic E-state index is 0.700. The predicted molar refractivity (Wildman–Crippen MR) is 56.3 cm³/mol. The van der Waals surface area contributed by atoms with Crippen molar-refractivity contribution in [1.82, 2.24) is 9.55 Å². The van der Waals surface area contributed by atoms with Crippen LogP contribution in [-0.4, -0.2) is 9.55 Å². The first-order valence-corrected chi connectivity index (χ1v) is 4.88. The van der Waals surface area contributed by atoms with Crippen molar-refractivity contribution in [3.63, 3.8) is 0 Å². The molecule has 0 atom stereocenters. The van der Waals surface area contributed by atoms with Crippen LogP contribution in [0.2, 0.25) is 5.02 Å². The maximum Gasteiger partial charge on any atom is 0.0991 e. The summed E-state index contributed by atoms with van der Waals surface area (Å²) in [6, 6.07) is 5.77. The van der Waals surface area contributed by atoms with Crippen LogP contribution in [0.15, 0.2) is 41.4 Å². The van der Waals surface area contributed by atoms with Crippen molar-refractivity contribution in [2.45, 2.75) is 0 Å². The molecule has 2 rings (SSSR count). The van der Waals surface area contributed by atoms with E-state index in [0.29, 0.717) is 5.02 Å². The molecule has 1 aromatic heterocycles. The van der Waals surface area contributed by atoms with E-state index >= 15 is 0 Å². The Hall–Kier alpha value is -0.800. The molecule has 0 fully saturated rings. The lowest BCUT2D eigenvalue weighted by Gasteiger charge is -2.02. The normalized spacial score (nSPS) is 10.3. The standard InChI is InChI=1S/C9H6BrClN2/c10-8-2-1-7(5-9(8)11)13-4-3-12-6-13/h1-6H. The fraction of sp³-hybridized carbons (Fsp3) is 0. The van der Waals surface area contributed by atoms with Crippen molar-refractivity contribution < 1.29 is 0 Å². The summed E-state index contributed by atoms with van der Waals surface area (Å²) in [5.41, 5.74) is 1.01. The average molecular weight is 258 g/mol. The third-order valence-corrected chi connectivity index (χ3v) is 2.94. The smallest absolute Gasteiger partial charge is 0.0991 e. The molecule has 0 aliphatic carbocycles. The number of hydrogen-bond acceptors (Lipinski definition) is 1. The van der Waals surface area contributed by atoms with Gasteiger partial charge in [-0.3, -0.25) is 0 Å². The lowest BCUT2D eigenvalue weighted by molar-refractivity contribution is 1.06. The van der Waals surface area contributed by atoms with Crippen LogP contribution < -0.4 is 0 Å². The number of nitrogens with zero attached hydrogens (tertiary/aromatic N) is 2. The number of halogens is 2. The summed E-state index contributed by atoms with van der Waals surface area (Å²) in [6.45, 7) is 0. The molecule has 4 heteroatoms. The van der Waals surface area contributed by atoms with Crippen LogP contribution in [0, 0.1) is 0 Å². The predicted octanol–water partition coefficient (Wildman–Crippen LogP) is 3.29. The highest BCUT2D eigenvalue weighted by Crippen LogP contribution is 2.24. The number of benzene rings is 1. The molecule has 1 heterocycles. The first-order chi connectivity index (χ1) is 6.27. The second-order valence-corrected chi connectivity index (χ2v) is 3.83. The molecule has 0 saturated carbocycles. The second kappa shape index (κ2) is 3.52. The van der Waals surface area contributed by atoms with Crippen LogP contribution in [-0.2, 0) is 0 Å². The highest BCUT2D eigenvalue weighted by Gasteiger charge is 1.99. The Morgan fingerprint density at radius 2 is 2.23 bits per heavy atom. The minimum atomic E-state index is 0.700. The van der Waals surface area contributed by atoms with E-state index in [1.54, 1.807) is 12.5 Å². The highest BCUT2D eigenvalue weighted by atomic mass is 79.9. The van der Waals surface area contributed by atoms with E-state index < -0.39 is 0 Å². The Kier molecular flexibility index (Phi) is 2.38. The molecule has 66 valence electrons. The van der Waals surface area contributed by atoms with Crippen molar-refractivity contribution in [2.24, 2.45) is 0 Å². The molecule has 0 saturated heterocycles. The average Bonchev–Trinajstić information content (AvgIpc) is 2.62. The van der Waals surface area contributed by atoms with Crippen LogP contribution in [0.1, 0.15) is 0 Å². The van der Waals surface area contributed by atoms with E-state index in [2.05, 4.69) is 20.9 Å². The zero-order valence-corrected chi connectivity index (χ0v) is 8.96. The zero-order chi connectivity index (χ0) is 9.26. The maximum absolute atomic E-state index is 5.95. The molecular formula is C9H6BrClN2. The molecule has 0 spiro atoms. The fourth-order valence-electron chi connectivity index (χ4n) is 1.06. The van der Waals surface area contributed by atoms with Gasteiger partial charge in [-0.2, -0.15) is 0 Å². The topological polar surface area (TPSA) is 17.8 Å². The minimum Gasteiger partial charge on any atom is -0.306 e. The quantitative estimate of drug-likeness (QED) is 0.766. The lowest BCUT2D eigenvalue weighted by Crippen LogP contribution is -1.88. The Labute approximate surface area is 89.3 Å². The van der Waals surface area contributed by atoms with Gasteiger partial charge in [0, 0.05) is 22.6 Å². The maximum atomic E-state index is 5.95. The Balaban J connectivity index is 2.49. The number of imidazole rings is 1. The summed E-state index contributed by atoms with van der Waals surface area (Å²) < 4.78 is 2.80. The summed E-state index contributed by atoms with van der Waals surface area (Å²) in [6.07, 6.45) is 5.34. The van der Waals surface area contributed by atoms with Crippen molar-refractivity contribution >= 4 is 27.5 Å². The number of hydrogen-bond donors (Lipinski definition) is 0. The number of rotatable bonds is 1. The summed E-state index contributed by atoms with van der Waals surface area (Å²) in [5.74, 6) is 0. The van der Waals surface area contributed by atoms with Crippen LogP contribution >= 0.6 is 27.5 Å². The summed E-state index contributed by atoms with van der Waals surface area (Å²) in [4.78, 5) is 3.96. The van der Waals surface area contributed by atoms with Gasteiger partial charge in [0.2, 0.25) is 0 Å². The third kappa shape index (κ3) is 1.76. The van der Waals surface area contributed by atoms with E-state index in [1.807, 2.05) is 29.0 Å². The van der Waals surface area contributed by atoms with E-state index in [9.17, 15) is 0 Å². The van der Waals surface area contributed by atoms with Gasteiger partial charge in [-0.1, -0.05) is 11.6 Å². The first-order valence-electron chi connectivity index (χ1n) is 3.71. The molecule has 2 aromatic rings. The third-order valence-electron chi connectivity index (χ3n) is 1.71. The van der Waals surface area contributed by atoms with Gasteiger partial charge >= 0.3 is 0 Å². The van der Waals surface area contributed by atoms with Crippen molar-refractivity contribution in [3.8, 4) is 5.69 Å². The lowest BCUT2D eigenvalue weighted by atomic mass is 10.3. The molecule has 0 N–H and O–H groups in total. The Morgan fingerprint density at radius 3 is 2.85 bits per heavy atom. The van der Waals surface area contributed by atoms with Gasteiger partial charge in [-0.15, -0.1) is 0 Å². The van der Waals surface area contributed by atoms with Gasteiger partial charge in [-0.25, -0.2) is 4.98 Å². The Bertz CT molecular complexity index is 412. The van der Waals surface area contributed by atoms with Crippen LogP contribution in [0.4, 0.5) is 0 Å². The van der Waals surface area contributed by atoms with Crippen molar-refractivity contribution in [1.29, 1.82) is 0 Å². The van der Waals surface area contributed by atoms with Crippen molar-refractivity contribution in [3.05, 3.63) is 46.4 Å². The van der Waals surface area contributed by atoms with E-state index in [1.165, 1.54) is 0 Å². The van der Waals surface area contributed by atoms with Gasteiger partial charge in [0.25, 0.3) is 0 Å². The van der Waals surface area contributed by atoms with E-state index in [4.69, 9.17) is 11.6 Å². The fourth-order valence-corrected chi connectivity index (χ4v) is 1.48. The van der Waals surface area contributed by atoms with E-state index in [-0.39, 0.29) is 0 Å². The number of aromatic nitrogens is 2. The van der Waals surface area contributed by atoms with Crippen LogP contribution in [0.5, 0.6) is 0 Å². The molecule has 0 unspecified atom stereocenters. The van der Waals surface area contributed by atoms with Crippen molar-refractivity contribution in [2.75, 3.05) is 0 Å². The molecule has 13 heavy (non-hydrogen) atoms. The highest BCUT2D eigenvalue weighted by molar-refractivity contribution is 9.10. The second-order valence-electron chi connectivity index (χ2n) is 2.57. The molecule has 2 nitrogen and oxygen atoms in total. The van der Waals surface area contributed by atoms with Crippen LogP contribution in [0.3, 0.4) is 0 Å². The van der Waals surface area contributed by atoms with Gasteiger partial charge in [0.1, 0.15) is 0 Å². The molecule has 0 aliphatic rings. The monoisotopic (exact) mass is 256 g/mol. The van der Waals surface area contributed by atoms with Gasteiger partial charge in [-0.05, 0) is 34.1 Å². The molecular weight excluding hydrogens is 251 g/mol. The molecule has 0 radical (unpaired) electrons. The SMILES string of the molecule is Clc1cc(-n2ccnc2)ccc1Br. The van der Waals surface area contributed by atoms with Crippen LogP contribution in [0.25, 0.3) is 5.69 Å². The van der Waals surface area contributed by atoms with E-state index in [0.717, 1.165) is 10.2 Å². The molecule has 1 aromatic carbocycles. The summed E-state index contributed by atoms with van der Waals surface area (Å²) in [5, 5.41) is 0.700. The molecule has 0 amide bonds. The molecule has 0 bridgehead atoms. The largest absolute Gasteiger partial charge is 0.306 e. The summed E-state index contributed by atoms with van der Waals surface area (Å²) >= 11 is 9.29. The summed E-state index contributed by atoms with van der Waals surface area (Å²) in [7, 11) is 0. The van der Waals surface area contributed by atoms with Gasteiger partial charge in [0.05, 0.1) is 11.3 Å². The van der Waals surface area contributed by atoms with Gasteiger partial charge in [0.15, 0.2) is 0 Å². The zero-order valence-electron chi connectivity index (χ0n) is 6.61. The Morgan fingerprint density at radius 1 is 1.38 bits per heavy atom.